The van der Waals surface area contributed by atoms with E-state index in [4.69, 9.17) is 0 Å². The summed E-state index contributed by atoms with van der Waals surface area (Å²) in [5, 5.41) is 6.81. The fraction of sp³-hybridized carbons (Fsp3) is 0.579. The summed E-state index contributed by atoms with van der Waals surface area (Å²) in [5.41, 5.74) is 2.56. The Morgan fingerprint density at radius 1 is 1.31 bits per heavy atom. The highest BCUT2D eigenvalue weighted by atomic mass is 127. The molecule has 0 spiro atoms. The molecule has 6 nitrogen and oxygen atoms in total. The molecule has 0 aliphatic carbocycles. The lowest BCUT2D eigenvalue weighted by molar-refractivity contribution is -0.140. The number of nitrogens with zero attached hydrogens (tertiary/aromatic N) is 2. The van der Waals surface area contributed by atoms with Crippen molar-refractivity contribution < 1.29 is 9.53 Å². The summed E-state index contributed by atoms with van der Waals surface area (Å²) in [6.45, 7) is 4.94. The second kappa shape index (κ2) is 12.0. The highest BCUT2D eigenvalue weighted by Gasteiger charge is 2.23. The Kier molecular flexibility index (Phi) is 10.4. The lowest BCUT2D eigenvalue weighted by Gasteiger charge is -2.20. The highest BCUT2D eigenvalue weighted by Crippen LogP contribution is 2.20. The summed E-state index contributed by atoms with van der Waals surface area (Å²) in [7, 11) is 3.21. The molecule has 26 heavy (non-hydrogen) atoms. The standard InChI is InChI=1S/C19H30N4O2.HI/c1-15-7-9-17(10-8-15)23-13-11-16(14-23)22-19(20-2)21-12-5-4-6-18(24)25-3;/h7-10,16H,4-6,11-14H2,1-3H3,(H2,20,21,22);1H. The van der Waals surface area contributed by atoms with Gasteiger partial charge < -0.3 is 20.3 Å². The first kappa shape index (κ1) is 22.5. The Labute approximate surface area is 173 Å². The SMILES string of the molecule is CN=C(NCCCCC(=O)OC)NC1CCN(c2ccc(C)cc2)C1.I. The smallest absolute Gasteiger partial charge is 0.305 e. The van der Waals surface area contributed by atoms with Crippen molar-refractivity contribution in [3.8, 4) is 0 Å². The first-order valence-corrected chi connectivity index (χ1v) is 8.98. The monoisotopic (exact) mass is 474 g/mol. The molecule has 1 aromatic rings. The number of carbonyl (C=O) groups excluding carboxylic acids is 1. The Morgan fingerprint density at radius 3 is 2.69 bits per heavy atom. The average Bonchev–Trinajstić information content (AvgIpc) is 3.09. The molecule has 1 aromatic carbocycles. The Balaban J connectivity index is 0.00000338. The molecule has 146 valence electrons. The fourth-order valence-corrected chi connectivity index (χ4v) is 2.96. The van der Waals surface area contributed by atoms with Gasteiger partial charge in [0.05, 0.1) is 7.11 Å². The van der Waals surface area contributed by atoms with Gasteiger partial charge >= 0.3 is 5.97 Å². The quantitative estimate of drug-likeness (QED) is 0.209. The number of aryl methyl sites for hydroxylation is 1. The van der Waals surface area contributed by atoms with Crippen LogP contribution >= 0.6 is 24.0 Å². The zero-order chi connectivity index (χ0) is 18.1. The number of nitrogens with one attached hydrogen (secondary N) is 2. The van der Waals surface area contributed by atoms with Gasteiger partial charge in [0.1, 0.15) is 0 Å². The van der Waals surface area contributed by atoms with Gasteiger partial charge in [-0.05, 0) is 38.3 Å². The number of hydrogen-bond acceptors (Lipinski definition) is 4. The number of hydrogen-bond donors (Lipinski definition) is 2. The van der Waals surface area contributed by atoms with E-state index in [1.165, 1.54) is 18.4 Å². The van der Waals surface area contributed by atoms with Gasteiger partial charge in [-0.3, -0.25) is 9.79 Å². The first-order valence-electron chi connectivity index (χ1n) is 8.98. The van der Waals surface area contributed by atoms with Crippen LogP contribution in [-0.4, -0.2) is 51.8 Å². The average molecular weight is 474 g/mol. The molecule has 1 aliphatic rings. The number of guanidine groups is 1. The van der Waals surface area contributed by atoms with Crippen LogP contribution in [0.25, 0.3) is 0 Å². The molecule has 2 rings (SSSR count). The third kappa shape index (κ3) is 7.39. The summed E-state index contributed by atoms with van der Waals surface area (Å²) >= 11 is 0. The number of methoxy groups -OCH3 is 1. The van der Waals surface area contributed by atoms with Gasteiger partial charge in [-0.15, -0.1) is 24.0 Å². The van der Waals surface area contributed by atoms with Gasteiger partial charge in [-0.25, -0.2) is 0 Å². The van der Waals surface area contributed by atoms with E-state index < -0.39 is 0 Å². The van der Waals surface area contributed by atoms with E-state index in [9.17, 15) is 4.79 Å². The van der Waals surface area contributed by atoms with Crippen LogP contribution in [0.2, 0.25) is 0 Å². The molecule has 1 aliphatic heterocycles. The molecule has 0 aromatic heterocycles. The number of ether oxygens (including phenoxy) is 1. The van der Waals surface area contributed by atoms with Crippen LogP contribution in [0.1, 0.15) is 31.2 Å². The molecule has 2 N–H and O–H groups in total. The minimum atomic E-state index is -0.148. The van der Waals surface area contributed by atoms with E-state index in [-0.39, 0.29) is 29.9 Å². The molecule has 1 saturated heterocycles. The third-order valence-electron chi connectivity index (χ3n) is 4.48. The predicted molar refractivity (Wildman–Crippen MR) is 118 cm³/mol. The van der Waals surface area contributed by atoms with Crippen molar-refractivity contribution in [3.05, 3.63) is 29.8 Å². The molecular formula is C19H31IN4O2. The van der Waals surface area contributed by atoms with Crippen LogP contribution in [0.3, 0.4) is 0 Å². The zero-order valence-corrected chi connectivity index (χ0v) is 18.3. The molecule has 0 radical (unpaired) electrons. The van der Waals surface area contributed by atoms with E-state index >= 15 is 0 Å². The maximum atomic E-state index is 11.1. The van der Waals surface area contributed by atoms with Gasteiger partial charge in [-0.1, -0.05) is 17.7 Å². The largest absolute Gasteiger partial charge is 0.469 e. The van der Waals surface area contributed by atoms with Crippen molar-refractivity contribution in [3.63, 3.8) is 0 Å². The summed E-state index contributed by atoms with van der Waals surface area (Å²) in [6, 6.07) is 9.08. The second-order valence-electron chi connectivity index (χ2n) is 6.44. The number of aliphatic imine (C=N–C) groups is 1. The van der Waals surface area contributed by atoms with Gasteiger partial charge in [0, 0.05) is 44.8 Å². The van der Waals surface area contributed by atoms with Gasteiger partial charge in [0.15, 0.2) is 5.96 Å². The Hall–Kier alpha value is -1.51. The maximum Gasteiger partial charge on any atom is 0.305 e. The van der Waals surface area contributed by atoms with E-state index in [0.29, 0.717) is 12.5 Å². The second-order valence-corrected chi connectivity index (χ2v) is 6.44. The number of unbranched alkanes of at least 4 members (excludes halogenated alkanes) is 1. The molecule has 7 heteroatoms. The number of carbonyl (C=O) groups is 1. The molecule has 1 unspecified atom stereocenters. The first-order chi connectivity index (χ1) is 12.1. The van der Waals surface area contributed by atoms with Crippen LogP contribution in [0.15, 0.2) is 29.3 Å². The molecule has 0 bridgehead atoms. The highest BCUT2D eigenvalue weighted by molar-refractivity contribution is 14.0. The summed E-state index contributed by atoms with van der Waals surface area (Å²) < 4.78 is 4.64. The van der Waals surface area contributed by atoms with Crippen molar-refractivity contribution >= 4 is 41.6 Å². The Bertz CT molecular complexity index is 577. The Morgan fingerprint density at radius 2 is 2.04 bits per heavy atom. The van der Waals surface area contributed by atoms with Crippen LogP contribution in [0.4, 0.5) is 5.69 Å². The van der Waals surface area contributed by atoms with Crippen molar-refractivity contribution in [2.45, 2.75) is 38.6 Å². The zero-order valence-electron chi connectivity index (χ0n) is 16.0. The van der Waals surface area contributed by atoms with Crippen molar-refractivity contribution in [1.82, 2.24) is 10.6 Å². The number of benzene rings is 1. The number of anilines is 1. The van der Waals surface area contributed by atoms with Crippen LogP contribution < -0.4 is 15.5 Å². The minimum Gasteiger partial charge on any atom is -0.469 e. The van der Waals surface area contributed by atoms with Crippen molar-refractivity contribution in [1.29, 1.82) is 0 Å². The lowest BCUT2D eigenvalue weighted by atomic mass is 10.2. The lowest BCUT2D eigenvalue weighted by Crippen LogP contribution is -2.44. The molecule has 0 saturated carbocycles. The maximum absolute atomic E-state index is 11.1. The molecule has 1 atom stereocenters. The summed E-state index contributed by atoms with van der Waals surface area (Å²) in [5.74, 6) is 0.679. The van der Waals surface area contributed by atoms with Crippen LogP contribution in [0, 0.1) is 6.92 Å². The summed E-state index contributed by atoms with van der Waals surface area (Å²) in [4.78, 5) is 17.8. The van der Waals surface area contributed by atoms with Crippen LogP contribution in [-0.2, 0) is 9.53 Å². The molecule has 0 amide bonds. The van der Waals surface area contributed by atoms with Gasteiger partial charge in [0.25, 0.3) is 0 Å². The number of rotatable bonds is 7. The van der Waals surface area contributed by atoms with E-state index in [1.54, 1.807) is 7.05 Å². The minimum absolute atomic E-state index is 0. The molecular weight excluding hydrogens is 443 g/mol. The summed E-state index contributed by atoms with van der Waals surface area (Å²) in [6.07, 6.45) is 3.30. The van der Waals surface area contributed by atoms with E-state index in [2.05, 4.69) is 56.5 Å². The normalized spacial score (nSPS) is 16.8. The van der Waals surface area contributed by atoms with Crippen molar-refractivity contribution in [2.75, 3.05) is 38.7 Å². The van der Waals surface area contributed by atoms with E-state index in [1.807, 2.05) is 0 Å². The van der Waals surface area contributed by atoms with E-state index in [0.717, 1.165) is 44.9 Å². The van der Waals surface area contributed by atoms with Gasteiger partial charge in [0.2, 0.25) is 0 Å². The number of esters is 1. The topological polar surface area (TPSA) is 66.0 Å². The molecule has 1 fully saturated rings. The fourth-order valence-electron chi connectivity index (χ4n) is 2.96. The number of halogens is 1. The third-order valence-corrected chi connectivity index (χ3v) is 4.48. The van der Waals surface area contributed by atoms with Gasteiger partial charge in [-0.2, -0.15) is 0 Å². The molecule has 1 heterocycles. The van der Waals surface area contributed by atoms with Crippen molar-refractivity contribution in [2.24, 2.45) is 4.99 Å². The predicted octanol–water partition coefficient (Wildman–Crippen LogP) is 2.70. The van der Waals surface area contributed by atoms with Crippen LogP contribution in [0.5, 0.6) is 0 Å².